The molecule has 3 rings (SSSR count). The van der Waals surface area contributed by atoms with Gasteiger partial charge < -0.3 is 15.4 Å². The van der Waals surface area contributed by atoms with E-state index in [4.69, 9.17) is 10.5 Å². The number of nitrogens with zero attached hydrogens (tertiary/aromatic N) is 1. The van der Waals surface area contributed by atoms with Gasteiger partial charge in [-0.3, -0.25) is 0 Å². The number of anilines is 1. The Morgan fingerprint density at radius 1 is 1.23 bits per heavy atom. The smallest absolute Gasteiger partial charge is 0.410 e. The second-order valence-corrected chi connectivity index (χ2v) is 7.81. The summed E-state index contributed by atoms with van der Waals surface area (Å²) in [6.07, 6.45) is 4.02. The lowest BCUT2D eigenvalue weighted by molar-refractivity contribution is 0.0111. The van der Waals surface area contributed by atoms with Crippen LogP contribution in [0.4, 0.5) is 10.5 Å². The monoisotopic (exact) mass is 302 g/mol. The molecular weight excluding hydrogens is 276 g/mol. The highest BCUT2D eigenvalue weighted by atomic mass is 16.6. The third-order valence-corrected chi connectivity index (χ3v) is 4.90. The van der Waals surface area contributed by atoms with E-state index in [-0.39, 0.29) is 11.5 Å². The number of carbonyl (C=O) groups is 1. The van der Waals surface area contributed by atoms with Gasteiger partial charge in [0.25, 0.3) is 0 Å². The molecule has 0 bridgehead atoms. The van der Waals surface area contributed by atoms with Gasteiger partial charge in [-0.15, -0.1) is 0 Å². The molecule has 0 radical (unpaired) electrons. The third-order valence-electron chi connectivity index (χ3n) is 4.90. The minimum absolute atomic E-state index is 0.183. The Hall–Kier alpha value is -1.71. The zero-order chi connectivity index (χ0) is 16.0. The van der Waals surface area contributed by atoms with Gasteiger partial charge in [0.2, 0.25) is 0 Å². The average molecular weight is 302 g/mol. The summed E-state index contributed by atoms with van der Waals surface area (Å²) in [6.45, 7) is 7.29. The van der Waals surface area contributed by atoms with Crippen LogP contribution in [-0.2, 0) is 17.6 Å². The van der Waals surface area contributed by atoms with Crippen molar-refractivity contribution in [3.05, 3.63) is 29.3 Å². The van der Waals surface area contributed by atoms with Crippen molar-refractivity contribution in [2.45, 2.75) is 52.1 Å². The first-order chi connectivity index (χ1) is 10.3. The van der Waals surface area contributed by atoms with Crippen LogP contribution in [0.1, 0.15) is 44.7 Å². The predicted molar refractivity (Wildman–Crippen MR) is 87.7 cm³/mol. The van der Waals surface area contributed by atoms with E-state index in [9.17, 15) is 4.79 Å². The molecule has 1 aliphatic carbocycles. The molecule has 22 heavy (non-hydrogen) atoms. The number of carbonyl (C=O) groups excluding carboxylic acids is 1. The zero-order valence-electron chi connectivity index (χ0n) is 13.8. The molecule has 1 fully saturated rings. The van der Waals surface area contributed by atoms with Crippen molar-refractivity contribution in [2.24, 2.45) is 5.41 Å². The van der Waals surface area contributed by atoms with E-state index in [0.717, 1.165) is 44.5 Å². The van der Waals surface area contributed by atoms with Gasteiger partial charge in [-0.2, -0.15) is 0 Å². The summed E-state index contributed by atoms with van der Waals surface area (Å²) < 4.78 is 5.48. The Balaban J connectivity index is 1.64. The first-order valence-corrected chi connectivity index (χ1v) is 8.12. The number of rotatable bonds is 0. The van der Waals surface area contributed by atoms with Gasteiger partial charge in [-0.1, -0.05) is 12.1 Å². The van der Waals surface area contributed by atoms with Crippen molar-refractivity contribution in [2.75, 3.05) is 18.8 Å². The molecular formula is C18H26N2O2. The molecule has 4 nitrogen and oxygen atoms in total. The molecule has 0 aromatic heterocycles. The summed E-state index contributed by atoms with van der Waals surface area (Å²) in [5.74, 6) is 0. The van der Waals surface area contributed by atoms with Gasteiger partial charge in [0, 0.05) is 18.8 Å². The maximum absolute atomic E-state index is 12.2. The van der Waals surface area contributed by atoms with Crippen LogP contribution in [0.25, 0.3) is 0 Å². The molecule has 4 heteroatoms. The Kier molecular flexibility index (Phi) is 3.58. The number of hydrogen-bond acceptors (Lipinski definition) is 3. The summed E-state index contributed by atoms with van der Waals surface area (Å²) in [4.78, 5) is 14.0. The van der Waals surface area contributed by atoms with E-state index >= 15 is 0 Å². The molecule has 0 unspecified atom stereocenters. The van der Waals surface area contributed by atoms with Crippen molar-refractivity contribution >= 4 is 11.8 Å². The van der Waals surface area contributed by atoms with Crippen LogP contribution in [0.3, 0.4) is 0 Å². The second kappa shape index (κ2) is 5.18. The maximum atomic E-state index is 12.2. The van der Waals surface area contributed by atoms with E-state index in [2.05, 4.69) is 6.07 Å². The molecule has 0 atom stereocenters. The molecule has 1 aromatic rings. The fourth-order valence-corrected chi connectivity index (χ4v) is 3.72. The number of nitrogen functional groups attached to an aromatic ring is 1. The van der Waals surface area contributed by atoms with Crippen molar-refractivity contribution in [1.29, 1.82) is 0 Å². The number of benzene rings is 1. The highest BCUT2D eigenvalue weighted by Gasteiger charge is 2.41. The van der Waals surface area contributed by atoms with Gasteiger partial charge in [-0.05, 0) is 69.1 Å². The van der Waals surface area contributed by atoms with Crippen molar-refractivity contribution < 1.29 is 9.53 Å². The molecule has 1 aromatic carbocycles. The van der Waals surface area contributed by atoms with Crippen molar-refractivity contribution in [3.8, 4) is 0 Å². The number of piperidine rings is 1. The largest absolute Gasteiger partial charge is 0.444 e. The third kappa shape index (κ3) is 2.92. The zero-order valence-corrected chi connectivity index (χ0v) is 13.8. The Labute approximate surface area is 132 Å². The lowest BCUT2D eigenvalue weighted by atomic mass is 9.76. The van der Waals surface area contributed by atoms with E-state index in [0.29, 0.717) is 0 Å². The number of fused-ring (bicyclic) bond motifs is 1. The quantitative estimate of drug-likeness (QED) is 0.747. The number of likely N-dealkylation sites (tertiary alicyclic amines) is 1. The molecule has 0 saturated carbocycles. The van der Waals surface area contributed by atoms with Gasteiger partial charge in [0.05, 0.1) is 0 Å². The maximum Gasteiger partial charge on any atom is 0.410 e. The van der Waals surface area contributed by atoms with E-state index in [1.165, 1.54) is 11.1 Å². The highest BCUT2D eigenvalue weighted by molar-refractivity contribution is 5.68. The minimum Gasteiger partial charge on any atom is -0.444 e. The van der Waals surface area contributed by atoms with Crippen molar-refractivity contribution in [1.82, 2.24) is 4.90 Å². The SMILES string of the molecule is CC(C)(C)OC(=O)N1CCC2(CC1)Cc1cccc(N)c1C2. The second-order valence-electron chi connectivity index (χ2n) is 7.81. The van der Waals surface area contributed by atoms with Crippen LogP contribution in [0, 0.1) is 5.41 Å². The number of hydrogen-bond donors (Lipinski definition) is 1. The summed E-state index contributed by atoms with van der Waals surface area (Å²) in [7, 11) is 0. The molecule has 1 amide bonds. The van der Waals surface area contributed by atoms with Crippen molar-refractivity contribution in [3.63, 3.8) is 0 Å². The first-order valence-electron chi connectivity index (χ1n) is 8.12. The first kappa shape index (κ1) is 15.2. The van der Waals surface area contributed by atoms with Gasteiger partial charge in [0.15, 0.2) is 0 Å². The number of nitrogens with two attached hydrogens (primary N) is 1. The van der Waals surface area contributed by atoms with Crippen LogP contribution in [0.2, 0.25) is 0 Å². The molecule has 1 aliphatic heterocycles. The van der Waals surface area contributed by atoms with Crippen LogP contribution in [0.15, 0.2) is 18.2 Å². The fraction of sp³-hybridized carbons (Fsp3) is 0.611. The number of amides is 1. The van der Waals surface area contributed by atoms with Gasteiger partial charge in [-0.25, -0.2) is 4.79 Å². The van der Waals surface area contributed by atoms with E-state index in [1.54, 1.807) is 0 Å². The highest BCUT2D eigenvalue weighted by Crippen LogP contribution is 2.46. The Bertz CT molecular complexity index is 581. The Morgan fingerprint density at radius 3 is 2.50 bits per heavy atom. The molecule has 2 aliphatic rings. The van der Waals surface area contributed by atoms with Crippen LogP contribution in [-0.4, -0.2) is 29.7 Å². The summed E-state index contributed by atoms with van der Waals surface area (Å²) in [5, 5.41) is 0. The summed E-state index contributed by atoms with van der Waals surface area (Å²) >= 11 is 0. The molecule has 1 heterocycles. The average Bonchev–Trinajstić information content (AvgIpc) is 2.77. The number of ether oxygens (including phenoxy) is 1. The molecule has 1 saturated heterocycles. The summed E-state index contributed by atoms with van der Waals surface area (Å²) in [5.41, 5.74) is 9.63. The minimum atomic E-state index is -0.426. The predicted octanol–water partition coefficient (Wildman–Crippen LogP) is 3.38. The van der Waals surface area contributed by atoms with Crippen LogP contribution in [0.5, 0.6) is 0 Å². The molecule has 1 spiro atoms. The lowest BCUT2D eigenvalue weighted by Crippen LogP contribution is -2.45. The lowest BCUT2D eigenvalue weighted by Gasteiger charge is -2.39. The van der Waals surface area contributed by atoms with Crippen LogP contribution >= 0.6 is 0 Å². The topological polar surface area (TPSA) is 55.6 Å². The Morgan fingerprint density at radius 2 is 1.91 bits per heavy atom. The standard InChI is InChI=1S/C18H26N2O2/c1-17(2,3)22-16(21)20-9-7-18(8-10-20)11-13-5-4-6-15(19)14(13)12-18/h4-6H,7-12,19H2,1-3H3. The fourth-order valence-electron chi connectivity index (χ4n) is 3.72. The summed E-state index contributed by atoms with van der Waals surface area (Å²) in [6, 6.07) is 6.23. The van der Waals surface area contributed by atoms with Gasteiger partial charge in [0.1, 0.15) is 5.60 Å². The van der Waals surface area contributed by atoms with Crippen LogP contribution < -0.4 is 5.73 Å². The van der Waals surface area contributed by atoms with E-state index in [1.807, 2.05) is 37.8 Å². The van der Waals surface area contributed by atoms with E-state index < -0.39 is 5.60 Å². The molecule has 2 N–H and O–H groups in total. The normalized spacial score (nSPS) is 20.0. The van der Waals surface area contributed by atoms with Gasteiger partial charge >= 0.3 is 6.09 Å². The molecule has 120 valence electrons.